The Morgan fingerprint density at radius 1 is 1.42 bits per heavy atom. The number of nitrogens with one attached hydrogen (secondary N) is 1. The monoisotopic (exact) mass is 272 g/mol. The summed E-state index contributed by atoms with van der Waals surface area (Å²) in [5.74, 6) is -0.431. The number of nitrogen functional groups attached to an aromatic ring is 1. The van der Waals surface area contributed by atoms with E-state index in [1.165, 1.54) is 12.3 Å². The minimum Gasteiger partial charge on any atom is -0.397 e. The van der Waals surface area contributed by atoms with Crippen LogP contribution in [0.5, 0.6) is 0 Å². The second-order valence-corrected chi connectivity index (χ2v) is 4.11. The topological polar surface area (TPSA) is 91.8 Å². The fourth-order valence-electron chi connectivity index (χ4n) is 1.49. The summed E-state index contributed by atoms with van der Waals surface area (Å²) in [6.07, 6.45) is 1.37. The summed E-state index contributed by atoms with van der Waals surface area (Å²) in [6.45, 7) is 0. The molecule has 2 aromatic rings. The number of nitrogens with two attached hydrogens (primary N) is 1. The molecule has 0 aliphatic heterocycles. The number of carbonyl (C=O) groups is 1. The van der Waals surface area contributed by atoms with Crippen molar-refractivity contribution in [1.82, 2.24) is 4.98 Å². The molecule has 0 radical (unpaired) electrons. The van der Waals surface area contributed by atoms with Gasteiger partial charge >= 0.3 is 0 Å². The maximum absolute atomic E-state index is 12.0. The van der Waals surface area contributed by atoms with Crippen LogP contribution >= 0.6 is 11.6 Å². The van der Waals surface area contributed by atoms with E-state index in [0.29, 0.717) is 16.9 Å². The van der Waals surface area contributed by atoms with Gasteiger partial charge in [0.15, 0.2) is 0 Å². The molecule has 19 heavy (non-hydrogen) atoms. The smallest absolute Gasteiger partial charge is 0.258 e. The Bertz CT molecular complexity index is 679. The molecular weight excluding hydrogens is 264 g/mol. The van der Waals surface area contributed by atoms with Crippen LogP contribution in [0.2, 0.25) is 5.15 Å². The van der Waals surface area contributed by atoms with E-state index in [2.05, 4.69) is 10.3 Å². The summed E-state index contributed by atoms with van der Waals surface area (Å²) in [6, 6.07) is 9.99. The van der Waals surface area contributed by atoms with Gasteiger partial charge in [-0.15, -0.1) is 0 Å². The quantitative estimate of drug-likeness (QED) is 0.821. The van der Waals surface area contributed by atoms with E-state index in [1.54, 1.807) is 24.3 Å². The van der Waals surface area contributed by atoms with Crippen molar-refractivity contribution in [3.63, 3.8) is 0 Å². The molecule has 2 rings (SSSR count). The van der Waals surface area contributed by atoms with E-state index in [1.807, 2.05) is 6.07 Å². The summed E-state index contributed by atoms with van der Waals surface area (Å²) in [5, 5.41) is 11.5. The average molecular weight is 273 g/mol. The van der Waals surface area contributed by atoms with Gasteiger partial charge in [-0.1, -0.05) is 17.7 Å². The molecule has 0 aliphatic rings. The lowest BCUT2D eigenvalue weighted by atomic mass is 10.2. The minimum absolute atomic E-state index is 0.0723. The number of hydrogen-bond donors (Lipinski definition) is 2. The van der Waals surface area contributed by atoms with E-state index < -0.39 is 5.91 Å². The predicted octanol–water partition coefficient (Wildman–Crippen LogP) is 2.44. The second-order valence-electron chi connectivity index (χ2n) is 3.75. The fourth-order valence-corrected chi connectivity index (χ4v) is 1.68. The number of amides is 1. The van der Waals surface area contributed by atoms with Crippen molar-refractivity contribution in [3.05, 3.63) is 52.8 Å². The van der Waals surface area contributed by atoms with E-state index in [4.69, 9.17) is 22.6 Å². The zero-order valence-corrected chi connectivity index (χ0v) is 10.5. The van der Waals surface area contributed by atoms with Crippen LogP contribution in [0.4, 0.5) is 11.4 Å². The van der Waals surface area contributed by atoms with E-state index in [0.717, 1.165) is 0 Å². The first kappa shape index (κ1) is 12.9. The molecule has 6 heteroatoms. The Labute approximate surface area is 114 Å². The maximum atomic E-state index is 12.0. The number of nitriles is 1. The molecule has 0 spiro atoms. The van der Waals surface area contributed by atoms with Crippen LogP contribution in [0.3, 0.4) is 0 Å². The molecule has 1 aromatic carbocycles. The van der Waals surface area contributed by atoms with Gasteiger partial charge in [0.05, 0.1) is 29.1 Å². The molecule has 1 heterocycles. The number of pyridine rings is 1. The number of anilines is 2. The number of carbonyl (C=O) groups excluding carboxylic acids is 1. The zero-order chi connectivity index (χ0) is 13.8. The predicted molar refractivity (Wildman–Crippen MR) is 72.8 cm³/mol. The summed E-state index contributed by atoms with van der Waals surface area (Å²) in [7, 11) is 0. The fraction of sp³-hybridized carbons (Fsp3) is 0. The van der Waals surface area contributed by atoms with Crippen molar-refractivity contribution >= 4 is 28.9 Å². The number of rotatable bonds is 2. The van der Waals surface area contributed by atoms with E-state index in [9.17, 15) is 4.79 Å². The summed E-state index contributed by atoms with van der Waals surface area (Å²) in [5.41, 5.74) is 7.05. The molecule has 0 bridgehead atoms. The van der Waals surface area contributed by atoms with Gasteiger partial charge in [0.2, 0.25) is 0 Å². The number of halogens is 1. The van der Waals surface area contributed by atoms with Gasteiger partial charge in [0.25, 0.3) is 5.91 Å². The van der Waals surface area contributed by atoms with E-state index >= 15 is 0 Å². The lowest BCUT2D eigenvalue weighted by molar-refractivity contribution is 0.102. The molecule has 0 saturated carbocycles. The Balaban J connectivity index is 2.26. The van der Waals surface area contributed by atoms with Crippen molar-refractivity contribution < 1.29 is 4.79 Å². The van der Waals surface area contributed by atoms with Gasteiger partial charge in [0, 0.05) is 5.69 Å². The standard InChI is InChI=1S/C13H9ClN4O/c14-12-11(5-9(16)7-17-12)13(19)18-10-3-1-2-8(4-10)6-15/h1-5,7H,16H2,(H,18,19). The van der Waals surface area contributed by atoms with Crippen molar-refractivity contribution in [2.75, 3.05) is 11.1 Å². The van der Waals surface area contributed by atoms with E-state index in [-0.39, 0.29) is 10.7 Å². The highest BCUT2D eigenvalue weighted by Gasteiger charge is 2.12. The van der Waals surface area contributed by atoms with Crippen LogP contribution < -0.4 is 11.1 Å². The van der Waals surface area contributed by atoms with Crippen LogP contribution in [0.1, 0.15) is 15.9 Å². The summed E-state index contributed by atoms with van der Waals surface area (Å²) >= 11 is 5.84. The average Bonchev–Trinajstić information content (AvgIpc) is 2.41. The lowest BCUT2D eigenvalue weighted by Crippen LogP contribution is -2.13. The molecule has 0 unspecified atom stereocenters. The molecule has 0 atom stereocenters. The first-order valence-corrected chi connectivity index (χ1v) is 5.70. The Morgan fingerprint density at radius 2 is 2.21 bits per heavy atom. The Hall–Kier alpha value is -2.58. The van der Waals surface area contributed by atoms with Crippen LogP contribution in [-0.4, -0.2) is 10.9 Å². The first-order chi connectivity index (χ1) is 9.10. The minimum atomic E-state index is -0.431. The highest BCUT2D eigenvalue weighted by Crippen LogP contribution is 2.18. The molecule has 1 aromatic heterocycles. The number of hydrogen-bond acceptors (Lipinski definition) is 4. The lowest BCUT2D eigenvalue weighted by Gasteiger charge is -2.07. The number of nitrogens with zero attached hydrogens (tertiary/aromatic N) is 2. The molecule has 3 N–H and O–H groups in total. The van der Waals surface area contributed by atoms with Gasteiger partial charge < -0.3 is 11.1 Å². The normalized spacial score (nSPS) is 9.68. The molecule has 1 amide bonds. The third-order valence-corrected chi connectivity index (χ3v) is 2.66. The largest absolute Gasteiger partial charge is 0.397 e. The van der Waals surface area contributed by atoms with Crippen molar-refractivity contribution in [2.45, 2.75) is 0 Å². The highest BCUT2D eigenvalue weighted by molar-refractivity contribution is 6.33. The molecule has 0 fully saturated rings. The second kappa shape index (κ2) is 5.38. The maximum Gasteiger partial charge on any atom is 0.258 e. The van der Waals surface area contributed by atoms with Gasteiger partial charge in [-0.05, 0) is 24.3 Å². The van der Waals surface area contributed by atoms with Crippen molar-refractivity contribution in [3.8, 4) is 6.07 Å². The Kier molecular flexibility index (Phi) is 3.64. The summed E-state index contributed by atoms with van der Waals surface area (Å²) < 4.78 is 0. The third kappa shape index (κ3) is 3.00. The molecule has 0 aliphatic carbocycles. The summed E-state index contributed by atoms with van der Waals surface area (Å²) in [4.78, 5) is 15.8. The first-order valence-electron chi connectivity index (χ1n) is 5.32. The van der Waals surface area contributed by atoms with Crippen LogP contribution in [0, 0.1) is 11.3 Å². The SMILES string of the molecule is N#Cc1cccc(NC(=O)c2cc(N)cnc2Cl)c1. The van der Waals surface area contributed by atoms with Crippen molar-refractivity contribution in [2.24, 2.45) is 0 Å². The molecular formula is C13H9ClN4O. The number of aromatic nitrogens is 1. The molecule has 0 saturated heterocycles. The highest BCUT2D eigenvalue weighted by atomic mass is 35.5. The number of benzene rings is 1. The third-order valence-electron chi connectivity index (χ3n) is 2.35. The van der Waals surface area contributed by atoms with Gasteiger partial charge in [0.1, 0.15) is 5.15 Å². The molecule has 94 valence electrons. The van der Waals surface area contributed by atoms with Gasteiger partial charge in [-0.2, -0.15) is 5.26 Å². The van der Waals surface area contributed by atoms with Gasteiger partial charge in [-0.3, -0.25) is 4.79 Å². The Morgan fingerprint density at radius 3 is 2.95 bits per heavy atom. The zero-order valence-electron chi connectivity index (χ0n) is 9.72. The van der Waals surface area contributed by atoms with Crippen molar-refractivity contribution in [1.29, 1.82) is 5.26 Å². The van der Waals surface area contributed by atoms with Gasteiger partial charge in [-0.25, -0.2) is 4.98 Å². The van der Waals surface area contributed by atoms with Crippen LogP contribution in [0.25, 0.3) is 0 Å². The van der Waals surface area contributed by atoms with Crippen LogP contribution in [-0.2, 0) is 0 Å². The van der Waals surface area contributed by atoms with Crippen LogP contribution in [0.15, 0.2) is 36.5 Å². The molecule has 5 nitrogen and oxygen atoms in total.